The lowest BCUT2D eigenvalue weighted by Crippen LogP contribution is -2.43. The van der Waals surface area contributed by atoms with E-state index in [0.717, 1.165) is 0 Å². The van der Waals surface area contributed by atoms with Crippen molar-refractivity contribution in [2.24, 2.45) is 10.9 Å². The third-order valence-electron chi connectivity index (χ3n) is 4.74. The highest BCUT2D eigenvalue weighted by molar-refractivity contribution is 6.33. The number of rotatable bonds is 7. The average molecular weight is 503 g/mol. The Balaban J connectivity index is 1.89. The number of amides is 1. The van der Waals surface area contributed by atoms with Crippen LogP contribution in [0.5, 0.6) is 0 Å². The Kier molecular flexibility index (Phi) is 7.95. The number of benzene rings is 3. The van der Waals surface area contributed by atoms with Crippen molar-refractivity contribution in [2.75, 3.05) is 12.5 Å². The van der Waals surface area contributed by atoms with Crippen LogP contribution in [-0.4, -0.2) is 30.1 Å². The Bertz CT molecular complexity index is 1220. The molecule has 11 heteroatoms. The molecule has 9 nitrogen and oxygen atoms in total. The summed E-state index contributed by atoms with van der Waals surface area (Å²) in [6.45, 7) is 0. The normalized spacial score (nSPS) is 12.9. The summed E-state index contributed by atoms with van der Waals surface area (Å²) in [6, 6.07) is 19.1. The quantitative estimate of drug-likeness (QED) is 0.165. The Hall–Kier alpha value is -3.79. The van der Waals surface area contributed by atoms with Gasteiger partial charge in [-0.2, -0.15) is 0 Å². The highest BCUT2D eigenvalue weighted by Crippen LogP contribution is 2.34. The van der Waals surface area contributed by atoms with Crippen LogP contribution in [0.25, 0.3) is 0 Å². The van der Waals surface area contributed by atoms with Gasteiger partial charge in [0.05, 0.1) is 23.4 Å². The van der Waals surface area contributed by atoms with E-state index in [1.165, 1.54) is 25.3 Å². The fourth-order valence-corrected chi connectivity index (χ4v) is 3.44. The standard InChI is InChI=1S/C23H20Cl2N4O5/c1-33-22(31)28-27-19-13-14(11-12-18(19)25)20(30)34-29-21(26)23(32,15-7-3-2-4-8-15)16-9-5-6-10-17(16)24/h2-13,27,32H,1H3,(H2,26,29)(H,28,31). The second-order valence-electron chi connectivity index (χ2n) is 6.85. The van der Waals surface area contributed by atoms with Gasteiger partial charge in [-0.25, -0.2) is 15.0 Å². The van der Waals surface area contributed by atoms with E-state index in [9.17, 15) is 14.7 Å². The summed E-state index contributed by atoms with van der Waals surface area (Å²) < 4.78 is 4.46. The topological polar surface area (TPSA) is 135 Å². The number of nitrogens with one attached hydrogen (secondary N) is 2. The third-order valence-corrected chi connectivity index (χ3v) is 5.40. The molecule has 176 valence electrons. The molecule has 0 saturated heterocycles. The number of hydrazine groups is 1. The lowest BCUT2D eigenvalue weighted by Gasteiger charge is -2.28. The molecule has 0 aromatic heterocycles. The molecule has 0 spiro atoms. The number of amidine groups is 1. The summed E-state index contributed by atoms with van der Waals surface area (Å²) in [5.41, 5.74) is 9.77. The minimum absolute atomic E-state index is 0.0381. The van der Waals surface area contributed by atoms with Crippen molar-refractivity contribution >= 4 is 46.8 Å². The summed E-state index contributed by atoms with van der Waals surface area (Å²) in [5.74, 6) is -1.31. The van der Waals surface area contributed by atoms with Gasteiger partial charge in [0, 0.05) is 10.6 Å². The van der Waals surface area contributed by atoms with Crippen LogP contribution in [0.15, 0.2) is 78.0 Å². The molecule has 0 radical (unpaired) electrons. The second-order valence-corrected chi connectivity index (χ2v) is 7.66. The molecule has 1 unspecified atom stereocenters. The lowest BCUT2D eigenvalue weighted by molar-refractivity contribution is 0.0501. The van der Waals surface area contributed by atoms with Gasteiger partial charge in [0.1, 0.15) is 0 Å². The Morgan fingerprint density at radius 2 is 1.68 bits per heavy atom. The molecule has 1 amide bonds. The molecular weight excluding hydrogens is 483 g/mol. The number of anilines is 1. The van der Waals surface area contributed by atoms with E-state index in [0.29, 0.717) is 5.56 Å². The first-order chi connectivity index (χ1) is 16.3. The van der Waals surface area contributed by atoms with Crippen LogP contribution in [0.4, 0.5) is 10.5 Å². The number of aliphatic hydroxyl groups is 1. The van der Waals surface area contributed by atoms with E-state index >= 15 is 0 Å². The number of halogens is 2. The summed E-state index contributed by atoms with van der Waals surface area (Å²) >= 11 is 12.4. The Morgan fingerprint density at radius 3 is 2.35 bits per heavy atom. The van der Waals surface area contributed by atoms with Crippen molar-refractivity contribution < 1.29 is 24.3 Å². The van der Waals surface area contributed by atoms with E-state index in [2.05, 4.69) is 20.7 Å². The summed E-state index contributed by atoms with van der Waals surface area (Å²) in [7, 11) is 1.19. The van der Waals surface area contributed by atoms with Crippen molar-refractivity contribution in [3.05, 3.63) is 99.5 Å². The average Bonchev–Trinajstić information content (AvgIpc) is 2.86. The molecule has 0 aliphatic carbocycles. The second kappa shape index (κ2) is 10.9. The number of carbonyl (C=O) groups is 2. The molecule has 0 aliphatic heterocycles. The third kappa shape index (κ3) is 5.40. The van der Waals surface area contributed by atoms with Gasteiger partial charge in [0.2, 0.25) is 0 Å². The summed E-state index contributed by atoms with van der Waals surface area (Å²) in [5, 5.41) is 15.8. The van der Waals surface area contributed by atoms with Crippen LogP contribution >= 0.6 is 23.2 Å². The first kappa shape index (κ1) is 24.8. The predicted molar refractivity (Wildman–Crippen MR) is 129 cm³/mol. The molecule has 3 aromatic carbocycles. The highest BCUT2D eigenvalue weighted by Gasteiger charge is 2.38. The van der Waals surface area contributed by atoms with Crippen LogP contribution in [-0.2, 0) is 15.2 Å². The number of ether oxygens (including phenoxy) is 1. The molecule has 3 rings (SSSR count). The van der Waals surface area contributed by atoms with E-state index in [4.69, 9.17) is 33.8 Å². The first-order valence-corrected chi connectivity index (χ1v) is 10.5. The molecule has 1 atom stereocenters. The van der Waals surface area contributed by atoms with E-state index in [1.54, 1.807) is 54.6 Å². The van der Waals surface area contributed by atoms with Gasteiger partial charge in [-0.15, -0.1) is 0 Å². The number of hydrogen-bond donors (Lipinski definition) is 4. The van der Waals surface area contributed by atoms with Gasteiger partial charge in [-0.3, -0.25) is 5.43 Å². The van der Waals surface area contributed by atoms with Gasteiger partial charge in [0.15, 0.2) is 11.4 Å². The van der Waals surface area contributed by atoms with Crippen molar-refractivity contribution in [3.63, 3.8) is 0 Å². The van der Waals surface area contributed by atoms with E-state index < -0.39 is 23.5 Å². The molecule has 34 heavy (non-hydrogen) atoms. The number of methoxy groups -OCH3 is 1. The fourth-order valence-electron chi connectivity index (χ4n) is 3.00. The maximum absolute atomic E-state index is 12.6. The van der Waals surface area contributed by atoms with Crippen LogP contribution in [0.2, 0.25) is 10.0 Å². The van der Waals surface area contributed by atoms with Crippen LogP contribution in [0.1, 0.15) is 21.5 Å². The van der Waals surface area contributed by atoms with Crippen LogP contribution in [0, 0.1) is 0 Å². The lowest BCUT2D eigenvalue weighted by atomic mass is 9.85. The largest absolute Gasteiger partial charge is 0.452 e. The number of hydrogen-bond acceptors (Lipinski definition) is 7. The molecule has 0 aliphatic rings. The van der Waals surface area contributed by atoms with Crippen molar-refractivity contribution in [3.8, 4) is 0 Å². The minimum atomic E-state index is -1.98. The molecule has 0 saturated carbocycles. The molecule has 3 aromatic rings. The molecule has 0 bridgehead atoms. The maximum Gasteiger partial charge on any atom is 0.425 e. The monoisotopic (exact) mass is 502 g/mol. The smallest absolute Gasteiger partial charge is 0.425 e. The number of nitrogens with zero attached hydrogens (tertiary/aromatic N) is 1. The molecule has 5 N–H and O–H groups in total. The van der Waals surface area contributed by atoms with Gasteiger partial charge < -0.3 is 20.4 Å². The highest BCUT2D eigenvalue weighted by atomic mass is 35.5. The number of oxime groups is 1. The minimum Gasteiger partial charge on any atom is -0.452 e. The van der Waals surface area contributed by atoms with E-state index in [-0.39, 0.29) is 26.9 Å². The van der Waals surface area contributed by atoms with Crippen LogP contribution < -0.4 is 16.6 Å². The maximum atomic E-state index is 12.6. The first-order valence-electron chi connectivity index (χ1n) is 9.75. The fraction of sp³-hybridized carbons (Fsp3) is 0.0870. The number of nitrogens with two attached hydrogens (primary N) is 1. The summed E-state index contributed by atoms with van der Waals surface area (Å²) in [4.78, 5) is 28.8. The van der Waals surface area contributed by atoms with Crippen molar-refractivity contribution in [1.29, 1.82) is 0 Å². The molecule has 0 fully saturated rings. The van der Waals surface area contributed by atoms with E-state index in [1.807, 2.05) is 0 Å². The Labute approximate surface area is 205 Å². The molecular formula is C23H20Cl2N4O5. The van der Waals surface area contributed by atoms with Gasteiger partial charge in [-0.1, -0.05) is 76.9 Å². The van der Waals surface area contributed by atoms with Gasteiger partial charge in [-0.05, 0) is 29.8 Å². The SMILES string of the molecule is COC(=O)NNc1cc(C(=O)O/N=C(\N)C(O)(c2ccccc2)c2ccccc2Cl)ccc1Cl. The van der Waals surface area contributed by atoms with Gasteiger partial charge >= 0.3 is 12.1 Å². The predicted octanol–water partition coefficient (Wildman–Crippen LogP) is 4.04. The van der Waals surface area contributed by atoms with Crippen molar-refractivity contribution in [2.45, 2.75) is 5.60 Å². The van der Waals surface area contributed by atoms with Gasteiger partial charge in [0.25, 0.3) is 0 Å². The Morgan fingerprint density at radius 1 is 1.00 bits per heavy atom. The zero-order valence-electron chi connectivity index (χ0n) is 17.8. The van der Waals surface area contributed by atoms with Crippen molar-refractivity contribution in [1.82, 2.24) is 5.43 Å². The zero-order chi connectivity index (χ0) is 24.7. The number of carbonyl (C=O) groups excluding carboxylic acids is 2. The molecule has 0 heterocycles. The van der Waals surface area contributed by atoms with Crippen LogP contribution in [0.3, 0.4) is 0 Å². The summed E-state index contributed by atoms with van der Waals surface area (Å²) in [6.07, 6.45) is -0.763. The zero-order valence-corrected chi connectivity index (χ0v) is 19.3.